The van der Waals surface area contributed by atoms with E-state index >= 15 is 0 Å². The van der Waals surface area contributed by atoms with Gasteiger partial charge in [0.05, 0.1) is 26.7 Å². The zero-order chi connectivity index (χ0) is 22.6. The van der Waals surface area contributed by atoms with Gasteiger partial charge >= 0.3 is 6.03 Å². The number of aliphatic imine (C=N–C) groups is 1. The number of hydrogen-bond acceptors (Lipinski definition) is 3. The van der Waals surface area contributed by atoms with Gasteiger partial charge in [-0.15, -0.1) is 0 Å². The number of amides is 3. The second kappa shape index (κ2) is 7.33. The van der Waals surface area contributed by atoms with Crippen LogP contribution in [0, 0.1) is 6.92 Å². The molecule has 1 saturated carbocycles. The molecule has 6 nitrogen and oxygen atoms in total. The van der Waals surface area contributed by atoms with Crippen LogP contribution < -0.4 is 10.6 Å². The summed E-state index contributed by atoms with van der Waals surface area (Å²) in [6.45, 7) is 14.0. The Morgan fingerprint density at radius 1 is 1.06 bits per heavy atom. The van der Waals surface area contributed by atoms with Crippen molar-refractivity contribution in [1.29, 1.82) is 0 Å². The number of rotatable bonds is 3. The molecule has 166 valence electrons. The van der Waals surface area contributed by atoms with Gasteiger partial charge in [0.25, 0.3) is 0 Å². The van der Waals surface area contributed by atoms with Crippen LogP contribution in [0.5, 0.6) is 0 Å². The van der Waals surface area contributed by atoms with E-state index in [-0.39, 0.29) is 17.0 Å². The molecular formula is C24H34N4O2Si. The molecule has 1 fully saturated rings. The van der Waals surface area contributed by atoms with Gasteiger partial charge in [-0.3, -0.25) is 9.79 Å². The normalized spacial score (nSPS) is 21.4. The van der Waals surface area contributed by atoms with Crippen molar-refractivity contribution in [2.75, 3.05) is 18.4 Å². The lowest BCUT2D eigenvalue weighted by Crippen LogP contribution is -2.55. The monoisotopic (exact) mass is 438 g/mol. The van der Waals surface area contributed by atoms with Gasteiger partial charge in [-0.2, -0.15) is 0 Å². The molecule has 0 radical (unpaired) electrons. The fourth-order valence-corrected chi connectivity index (χ4v) is 7.68. The Kier molecular flexibility index (Phi) is 5.15. The third kappa shape index (κ3) is 3.52. The molecule has 2 aliphatic heterocycles. The van der Waals surface area contributed by atoms with Crippen LogP contribution in [-0.2, 0) is 4.79 Å². The van der Waals surface area contributed by atoms with Crippen molar-refractivity contribution in [2.24, 2.45) is 4.99 Å². The molecule has 0 bridgehead atoms. The lowest BCUT2D eigenvalue weighted by Gasteiger charge is -2.49. The molecule has 2 N–H and O–H groups in total. The Bertz CT molecular complexity index is 982. The largest absolute Gasteiger partial charge is 0.322 e. The quantitative estimate of drug-likeness (QED) is 0.671. The van der Waals surface area contributed by atoms with Crippen LogP contribution in [-0.4, -0.2) is 49.4 Å². The summed E-state index contributed by atoms with van der Waals surface area (Å²) in [4.78, 5) is 32.9. The number of amidine groups is 1. The van der Waals surface area contributed by atoms with E-state index in [0.29, 0.717) is 18.9 Å². The molecule has 0 aromatic heterocycles. The van der Waals surface area contributed by atoms with Crippen LogP contribution in [0.1, 0.15) is 38.7 Å². The second-order valence-corrected chi connectivity index (χ2v) is 16.2. The van der Waals surface area contributed by atoms with Gasteiger partial charge < -0.3 is 15.5 Å². The van der Waals surface area contributed by atoms with Gasteiger partial charge in [0.15, 0.2) is 0 Å². The van der Waals surface area contributed by atoms with Crippen molar-refractivity contribution < 1.29 is 9.59 Å². The molecule has 0 atom stereocenters. The summed E-state index contributed by atoms with van der Waals surface area (Å²) in [7, 11) is -1.66. The van der Waals surface area contributed by atoms with Gasteiger partial charge in [0.2, 0.25) is 5.91 Å². The van der Waals surface area contributed by atoms with E-state index in [1.54, 1.807) is 0 Å². The molecule has 4 rings (SSSR count). The summed E-state index contributed by atoms with van der Waals surface area (Å²) in [5.41, 5.74) is 3.61. The minimum atomic E-state index is -1.66. The fourth-order valence-electron chi connectivity index (χ4n) is 5.09. The lowest BCUT2D eigenvalue weighted by atomic mass is 9.83. The van der Waals surface area contributed by atoms with Crippen molar-refractivity contribution in [1.82, 2.24) is 10.2 Å². The molecular weight excluding hydrogens is 404 g/mol. The summed E-state index contributed by atoms with van der Waals surface area (Å²) < 4.78 is 0. The van der Waals surface area contributed by atoms with Gasteiger partial charge in [-0.25, -0.2) is 4.79 Å². The SMILES string of the molecule is Cc1ccc(NC(=O)N2CC3=C(CN=C3NC(=O)C3([Si](C)(C)C)CCC3)C2(C)C)cc1. The van der Waals surface area contributed by atoms with E-state index in [9.17, 15) is 9.59 Å². The van der Waals surface area contributed by atoms with Crippen molar-refractivity contribution in [2.45, 2.75) is 70.3 Å². The van der Waals surface area contributed by atoms with Crippen molar-refractivity contribution in [3.05, 3.63) is 41.0 Å². The zero-order valence-electron chi connectivity index (χ0n) is 19.6. The number of carbonyl (C=O) groups excluding carboxylic acids is 2. The Morgan fingerprint density at radius 3 is 2.26 bits per heavy atom. The summed E-state index contributed by atoms with van der Waals surface area (Å²) >= 11 is 0. The first-order chi connectivity index (χ1) is 14.5. The number of nitrogens with zero attached hydrogens (tertiary/aromatic N) is 2. The van der Waals surface area contributed by atoms with E-state index in [1.807, 2.05) is 36.1 Å². The molecule has 7 heteroatoms. The number of hydrogen-bond donors (Lipinski definition) is 2. The zero-order valence-corrected chi connectivity index (χ0v) is 20.6. The summed E-state index contributed by atoms with van der Waals surface area (Å²) in [6.07, 6.45) is 3.08. The lowest BCUT2D eigenvalue weighted by molar-refractivity contribution is -0.125. The molecule has 1 aliphatic carbocycles. The first-order valence-corrected chi connectivity index (χ1v) is 14.7. The van der Waals surface area contributed by atoms with Crippen LogP contribution in [0.3, 0.4) is 0 Å². The van der Waals surface area contributed by atoms with E-state index in [2.05, 4.69) is 49.1 Å². The van der Waals surface area contributed by atoms with Crippen LogP contribution >= 0.6 is 0 Å². The maximum absolute atomic E-state index is 13.3. The topological polar surface area (TPSA) is 73.8 Å². The number of carbonyl (C=O) groups is 2. The van der Waals surface area contributed by atoms with E-state index in [4.69, 9.17) is 0 Å². The fraction of sp³-hybridized carbons (Fsp3) is 0.542. The minimum absolute atomic E-state index is 0.130. The van der Waals surface area contributed by atoms with Crippen LogP contribution in [0.2, 0.25) is 24.7 Å². The smallest absolute Gasteiger partial charge is 0.311 e. The number of aryl methyl sites for hydroxylation is 1. The number of anilines is 1. The maximum atomic E-state index is 13.3. The number of benzene rings is 1. The minimum Gasteiger partial charge on any atom is -0.311 e. The van der Waals surface area contributed by atoms with Crippen LogP contribution in [0.25, 0.3) is 0 Å². The third-order valence-corrected chi connectivity index (χ3v) is 11.2. The summed E-state index contributed by atoms with van der Waals surface area (Å²) in [5.74, 6) is 0.800. The van der Waals surface area contributed by atoms with E-state index < -0.39 is 13.6 Å². The molecule has 31 heavy (non-hydrogen) atoms. The Hall–Kier alpha value is -2.41. The molecule has 0 spiro atoms. The highest BCUT2D eigenvalue weighted by atomic mass is 28.3. The highest BCUT2D eigenvalue weighted by molar-refractivity contribution is 6.82. The average molecular weight is 439 g/mol. The molecule has 1 aromatic rings. The molecule has 3 amide bonds. The van der Waals surface area contributed by atoms with Crippen molar-refractivity contribution in [3.63, 3.8) is 0 Å². The molecule has 0 saturated heterocycles. The van der Waals surface area contributed by atoms with Crippen molar-refractivity contribution >= 4 is 31.5 Å². The predicted octanol–water partition coefficient (Wildman–Crippen LogP) is 4.71. The number of urea groups is 1. The van der Waals surface area contributed by atoms with Gasteiger partial charge in [0, 0.05) is 16.3 Å². The third-order valence-electron chi connectivity index (χ3n) is 7.63. The Balaban J connectivity index is 1.49. The first-order valence-electron chi connectivity index (χ1n) is 11.2. The number of nitrogens with one attached hydrogen (secondary N) is 2. The highest BCUT2D eigenvalue weighted by Crippen LogP contribution is 2.55. The standard InChI is InChI=1S/C24H34N4O2Si/c1-16-8-10-17(11-9-16)26-22(30)28-15-18-19(23(28,2)3)14-25-20(18)27-21(29)24(12-7-13-24)31(4,5)6/h8-11H,7,12-15H2,1-6H3,(H,26,30)(H,25,27,29). The maximum Gasteiger partial charge on any atom is 0.322 e. The highest BCUT2D eigenvalue weighted by Gasteiger charge is 2.54. The summed E-state index contributed by atoms with van der Waals surface area (Å²) in [5, 5.41) is 6.00. The summed E-state index contributed by atoms with van der Waals surface area (Å²) in [6, 6.07) is 7.67. The van der Waals surface area contributed by atoms with Gasteiger partial charge in [-0.1, -0.05) is 43.8 Å². The Labute approximate surface area is 186 Å². The van der Waals surface area contributed by atoms with E-state index in [1.165, 1.54) is 0 Å². The Morgan fingerprint density at radius 2 is 1.71 bits per heavy atom. The average Bonchev–Trinajstić information content (AvgIpc) is 3.13. The predicted molar refractivity (Wildman–Crippen MR) is 128 cm³/mol. The molecule has 0 unspecified atom stereocenters. The van der Waals surface area contributed by atoms with Crippen LogP contribution in [0.4, 0.5) is 10.5 Å². The molecule has 2 heterocycles. The van der Waals surface area contributed by atoms with Gasteiger partial charge in [0.1, 0.15) is 5.84 Å². The molecule has 3 aliphatic rings. The van der Waals surface area contributed by atoms with Gasteiger partial charge in [-0.05, 0) is 51.3 Å². The van der Waals surface area contributed by atoms with E-state index in [0.717, 1.165) is 41.7 Å². The van der Waals surface area contributed by atoms with Crippen molar-refractivity contribution in [3.8, 4) is 0 Å². The molecule has 1 aromatic carbocycles. The second-order valence-electron chi connectivity index (χ2n) is 10.7. The first kappa shape index (κ1) is 21.8. The van der Waals surface area contributed by atoms with Crippen LogP contribution in [0.15, 0.2) is 40.4 Å².